The molecular formula is C20H22ClN5O2S. The topological polar surface area (TPSA) is 87.5 Å². The van der Waals surface area contributed by atoms with E-state index in [-0.39, 0.29) is 12.5 Å². The molecule has 1 aliphatic carbocycles. The summed E-state index contributed by atoms with van der Waals surface area (Å²) >= 11 is 7.57. The lowest BCUT2D eigenvalue weighted by molar-refractivity contribution is -0.121. The molecule has 0 radical (unpaired) electrons. The lowest BCUT2D eigenvalue weighted by Gasteiger charge is -2.14. The Morgan fingerprint density at radius 1 is 1.45 bits per heavy atom. The van der Waals surface area contributed by atoms with Gasteiger partial charge in [-0.15, -0.1) is 11.3 Å². The average molecular weight is 432 g/mol. The van der Waals surface area contributed by atoms with Crippen molar-refractivity contribution in [2.45, 2.75) is 25.7 Å². The third-order valence-corrected chi connectivity index (χ3v) is 5.51. The predicted molar refractivity (Wildman–Crippen MR) is 115 cm³/mol. The Labute approximate surface area is 178 Å². The van der Waals surface area contributed by atoms with E-state index in [9.17, 15) is 9.59 Å². The molecule has 0 atom stereocenters. The zero-order valence-corrected chi connectivity index (χ0v) is 17.8. The zero-order chi connectivity index (χ0) is 20.8. The Morgan fingerprint density at radius 3 is 2.90 bits per heavy atom. The number of nitrogens with zero attached hydrogens (tertiary/aromatic N) is 4. The van der Waals surface area contributed by atoms with E-state index in [0.29, 0.717) is 29.5 Å². The van der Waals surface area contributed by atoms with Crippen LogP contribution in [0.3, 0.4) is 0 Å². The number of carbonyl (C=O) groups is 2. The molecule has 2 heterocycles. The van der Waals surface area contributed by atoms with Gasteiger partial charge in [0.05, 0.1) is 15.6 Å². The molecule has 2 aromatic heterocycles. The number of allylic oxidation sites excluding steroid dienone is 2. The minimum absolute atomic E-state index is 0.116. The van der Waals surface area contributed by atoms with Gasteiger partial charge in [-0.3, -0.25) is 19.6 Å². The normalized spacial score (nSPS) is 14.2. The number of amides is 1. The summed E-state index contributed by atoms with van der Waals surface area (Å²) < 4.78 is 0. The highest BCUT2D eigenvalue weighted by molar-refractivity contribution is 7.17. The van der Waals surface area contributed by atoms with Crippen molar-refractivity contribution in [2.75, 3.05) is 20.1 Å². The van der Waals surface area contributed by atoms with Gasteiger partial charge in [-0.25, -0.2) is 4.98 Å². The van der Waals surface area contributed by atoms with Gasteiger partial charge in [-0.2, -0.15) is 5.10 Å². The number of likely N-dealkylation sites (N-methyl/N-ethyl adjacent to an activating group) is 2. The average Bonchev–Trinajstić information content (AvgIpc) is 3.43. The molecule has 1 fully saturated rings. The number of aromatic nitrogens is 2. The fourth-order valence-electron chi connectivity index (χ4n) is 2.77. The van der Waals surface area contributed by atoms with E-state index in [4.69, 9.17) is 16.6 Å². The van der Waals surface area contributed by atoms with Crippen LogP contribution >= 0.6 is 22.9 Å². The van der Waals surface area contributed by atoms with Crippen LogP contribution in [0.1, 0.15) is 36.3 Å². The molecule has 0 spiro atoms. The molecule has 7 nitrogen and oxygen atoms in total. The van der Waals surface area contributed by atoms with Crippen molar-refractivity contribution in [3.63, 3.8) is 0 Å². The molecule has 0 aromatic carbocycles. The number of rotatable bonds is 9. The van der Waals surface area contributed by atoms with Crippen LogP contribution in [0.2, 0.25) is 5.02 Å². The van der Waals surface area contributed by atoms with Gasteiger partial charge in [-0.1, -0.05) is 11.6 Å². The molecule has 0 aliphatic heterocycles. The number of halogens is 1. The van der Waals surface area contributed by atoms with E-state index in [1.165, 1.54) is 17.4 Å². The van der Waals surface area contributed by atoms with E-state index < -0.39 is 0 Å². The number of hydrazone groups is 1. The van der Waals surface area contributed by atoms with Gasteiger partial charge in [0, 0.05) is 37.5 Å². The Kier molecular flexibility index (Phi) is 7.11. The standard InChI is InChI=1S/C20H22ClN5O2S/c1-3-23-17(28)12-26(2)25-16(5-4-8-27)19-18(13-6-7-13)24-20(29-19)14-9-15(21)11-22-10-14/h4-5,8-11,13H,3,6-7,12H2,1-2H3,(H,23,28)/b5-4-,25-16+. The van der Waals surface area contributed by atoms with Crippen molar-refractivity contribution in [1.82, 2.24) is 20.3 Å². The van der Waals surface area contributed by atoms with Gasteiger partial charge < -0.3 is 5.32 Å². The molecule has 1 aliphatic rings. The van der Waals surface area contributed by atoms with Crippen LogP contribution in [0.4, 0.5) is 0 Å². The molecule has 0 unspecified atom stereocenters. The molecule has 0 bridgehead atoms. The second-order valence-electron chi connectivity index (χ2n) is 6.65. The monoisotopic (exact) mass is 431 g/mol. The van der Waals surface area contributed by atoms with Crippen LogP contribution in [0.15, 0.2) is 35.7 Å². The van der Waals surface area contributed by atoms with Crippen LogP contribution in [-0.2, 0) is 9.59 Å². The van der Waals surface area contributed by atoms with Gasteiger partial charge in [0.15, 0.2) is 0 Å². The van der Waals surface area contributed by atoms with Crippen LogP contribution in [0.5, 0.6) is 0 Å². The number of pyridine rings is 1. The molecule has 1 saturated carbocycles. The summed E-state index contributed by atoms with van der Waals surface area (Å²) in [5, 5.41) is 10.2. The van der Waals surface area contributed by atoms with Gasteiger partial charge in [0.2, 0.25) is 5.91 Å². The third-order valence-electron chi connectivity index (χ3n) is 4.16. The highest BCUT2D eigenvalue weighted by Crippen LogP contribution is 2.44. The number of hydrogen-bond acceptors (Lipinski definition) is 7. The van der Waals surface area contributed by atoms with E-state index in [1.54, 1.807) is 30.5 Å². The van der Waals surface area contributed by atoms with E-state index >= 15 is 0 Å². The fourth-order valence-corrected chi connectivity index (χ4v) is 4.04. The predicted octanol–water partition coefficient (Wildman–Crippen LogP) is 3.26. The first-order valence-corrected chi connectivity index (χ1v) is 10.5. The summed E-state index contributed by atoms with van der Waals surface area (Å²) in [4.78, 5) is 32.7. The van der Waals surface area contributed by atoms with E-state index in [1.807, 2.05) is 13.0 Å². The lowest BCUT2D eigenvalue weighted by atomic mass is 10.2. The second kappa shape index (κ2) is 9.76. The number of hydrogen-bond donors (Lipinski definition) is 1. The first kappa shape index (κ1) is 21.1. The van der Waals surface area contributed by atoms with Gasteiger partial charge in [-0.05, 0) is 38.0 Å². The summed E-state index contributed by atoms with van der Waals surface area (Å²) in [7, 11) is 1.73. The summed E-state index contributed by atoms with van der Waals surface area (Å²) in [6.07, 6.45) is 9.21. The molecule has 0 saturated heterocycles. The maximum absolute atomic E-state index is 11.9. The molecule has 29 heavy (non-hydrogen) atoms. The van der Waals surface area contributed by atoms with Crippen molar-refractivity contribution >= 4 is 40.8 Å². The largest absolute Gasteiger partial charge is 0.355 e. The highest BCUT2D eigenvalue weighted by Gasteiger charge is 2.31. The van der Waals surface area contributed by atoms with Crippen LogP contribution < -0.4 is 5.32 Å². The first-order chi connectivity index (χ1) is 14.0. The molecule has 3 rings (SSSR count). The maximum Gasteiger partial charge on any atom is 0.241 e. The summed E-state index contributed by atoms with van der Waals surface area (Å²) in [5.74, 6) is 0.264. The quantitative estimate of drug-likeness (QED) is 0.285. The van der Waals surface area contributed by atoms with Gasteiger partial charge in [0.25, 0.3) is 0 Å². The first-order valence-electron chi connectivity index (χ1n) is 9.32. The summed E-state index contributed by atoms with van der Waals surface area (Å²) in [6, 6.07) is 1.83. The van der Waals surface area contributed by atoms with E-state index in [0.717, 1.165) is 34.0 Å². The zero-order valence-electron chi connectivity index (χ0n) is 16.3. The molecule has 1 N–H and O–H groups in total. The van der Waals surface area contributed by atoms with Crippen LogP contribution in [0.25, 0.3) is 10.6 Å². The molecule has 9 heteroatoms. The third kappa shape index (κ3) is 5.71. The second-order valence-corrected chi connectivity index (χ2v) is 8.08. The Bertz CT molecular complexity index is 952. The summed E-state index contributed by atoms with van der Waals surface area (Å²) in [5.41, 5.74) is 2.40. The number of nitrogens with one attached hydrogen (secondary N) is 1. The SMILES string of the molecule is CCNC(=O)CN(C)/N=C(\C=C/C=O)c1sc(-c2cncc(Cl)c2)nc1C1CC1. The van der Waals surface area contributed by atoms with Crippen LogP contribution in [0, 0.1) is 0 Å². The maximum atomic E-state index is 11.9. The van der Waals surface area contributed by atoms with E-state index in [2.05, 4.69) is 15.4 Å². The number of aldehydes is 1. The minimum atomic E-state index is -0.116. The Balaban J connectivity index is 1.98. The Hall–Kier alpha value is -2.58. The number of carbonyl (C=O) groups excluding carboxylic acids is 2. The van der Waals surface area contributed by atoms with Crippen molar-refractivity contribution in [1.29, 1.82) is 0 Å². The van der Waals surface area contributed by atoms with Crippen molar-refractivity contribution < 1.29 is 9.59 Å². The van der Waals surface area contributed by atoms with Gasteiger partial charge >= 0.3 is 0 Å². The fraction of sp³-hybridized carbons (Fsp3) is 0.350. The molecule has 1 amide bonds. The van der Waals surface area contributed by atoms with Crippen molar-refractivity contribution in [3.05, 3.63) is 46.2 Å². The minimum Gasteiger partial charge on any atom is -0.355 e. The highest BCUT2D eigenvalue weighted by atomic mass is 35.5. The van der Waals surface area contributed by atoms with Crippen molar-refractivity contribution in [3.8, 4) is 10.6 Å². The molecule has 2 aromatic rings. The lowest BCUT2D eigenvalue weighted by Crippen LogP contribution is -2.33. The molecular weight excluding hydrogens is 410 g/mol. The summed E-state index contributed by atoms with van der Waals surface area (Å²) in [6.45, 7) is 2.55. The smallest absolute Gasteiger partial charge is 0.241 e. The molecule has 152 valence electrons. The van der Waals surface area contributed by atoms with Crippen molar-refractivity contribution in [2.24, 2.45) is 5.10 Å². The van der Waals surface area contributed by atoms with Gasteiger partial charge in [0.1, 0.15) is 23.6 Å². The number of thiazole rings is 1. The Morgan fingerprint density at radius 2 is 2.24 bits per heavy atom. The van der Waals surface area contributed by atoms with Crippen LogP contribution in [-0.4, -0.2) is 53.0 Å².